The highest BCUT2D eigenvalue weighted by Gasteiger charge is 2.22. The van der Waals surface area contributed by atoms with Gasteiger partial charge in [0, 0.05) is 49.1 Å². The molecule has 0 saturated carbocycles. The Morgan fingerprint density at radius 1 is 0.237 bits per heavy atom. The summed E-state index contributed by atoms with van der Waals surface area (Å²) in [5.41, 5.74) is 13.1. The van der Waals surface area contributed by atoms with Crippen molar-refractivity contribution in [3.05, 3.63) is 212 Å². The zero-order valence-corrected chi connectivity index (χ0v) is 32.0. The van der Waals surface area contributed by atoms with Crippen LogP contribution < -0.4 is 0 Å². The molecule has 3 aromatic heterocycles. The van der Waals surface area contributed by atoms with Crippen LogP contribution in [-0.4, -0.2) is 13.7 Å². The van der Waals surface area contributed by atoms with E-state index in [4.69, 9.17) is 0 Å². The molecule has 0 fully saturated rings. The van der Waals surface area contributed by atoms with Crippen molar-refractivity contribution in [3.63, 3.8) is 0 Å². The minimum atomic E-state index is 1.16. The molecule has 13 rings (SSSR count). The fourth-order valence-electron chi connectivity index (χ4n) is 10.0. The van der Waals surface area contributed by atoms with Crippen LogP contribution in [0.4, 0.5) is 0 Å². The van der Waals surface area contributed by atoms with E-state index in [0.29, 0.717) is 0 Å². The third kappa shape index (κ3) is 4.64. The van der Waals surface area contributed by atoms with Gasteiger partial charge in [0.25, 0.3) is 0 Å². The Morgan fingerprint density at radius 3 is 1.54 bits per heavy atom. The number of rotatable bonds is 4. The second-order valence-corrected chi connectivity index (χ2v) is 15.7. The molecule has 13 aromatic rings. The fraction of sp³-hybridized carbons (Fsp3) is 0. The molecule has 0 unspecified atom stereocenters. The van der Waals surface area contributed by atoms with E-state index in [9.17, 15) is 0 Å². The summed E-state index contributed by atoms with van der Waals surface area (Å²) >= 11 is 0. The Labute approximate surface area is 339 Å². The van der Waals surface area contributed by atoms with Crippen LogP contribution in [0.15, 0.2) is 212 Å². The van der Waals surface area contributed by atoms with Gasteiger partial charge in [-0.05, 0) is 106 Å². The molecule has 0 bridgehead atoms. The van der Waals surface area contributed by atoms with Crippen LogP contribution in [0.1, 0.15) is 0 Å². The first kappa shape index (κ1) is 32.2. The van der Waals surface area contributed by atoms with E-state index in [2.05, 4.69) is 226 Å². The number of hydrogen-bond acceptors (Lipinski definition) is 0. The average molecular weight is 750 g/mol. The van der Waals surface area contributed by atoms with E-state index < -0.39 is 0 Å². The molecule has 0 aliphatic rings. The average Bonchev–Trinajstić information content (AvgIpc) is 3.94. The number of fused-ring (bicyclic) bond motifs is 12. The van der Waals surface area contributed by atoms with Crippen molar-refractivity contribution < 1.29 is 0 Å². The highest BCUT2D eigenvalue weighted by molar-refractivity contribution is 6.29. The SMILES string of the molecule is c1ccc(-n2c3ccccc3c3c4c5cc(-c6ccc7c(c6)c6ccccc6n7-c6cccc7ccccc67)ccc5n(-c5ccc6ccccc6c5)c4ccc32)cc1. The summed E-state index contributed by atoms with van der Waals surface area (Å²) in [5, 5.41) is 12.5. The first-order valence-electron chi connectivity index (χ1n) is 20.4. The Kier molecular flexibility index (Phi) is 6.72. The van der Waals surface area contributed by atoms with Crippen LogP contribution in [0.3, 0.4) is 0 Å². The molecule has 0 aliphatic heterocycles. The number of benzene rings is 10. The van der Waals surface area contributed by atoms with Gasteiger partial charge in [-0.15, -0.1) is 0 Å². The van der Waals surface area contributed by atoms with Gasteiger partial charge < -0.3 is 13.7 Å². The number of hydrogen-bond donors (Lipinski definition) is 0. The van der Waals surface area contributed by atoms with Crippen LogP contribution >= 0.6 is 0 Å². The lowest BCUT2D eigenvalue weighted by Crippen LogP contribution is -1.95. The second-order valence-electron chi connectivity index (χ2n) is 15.7. The number of nitrogens with zero attached hydrogens (tertiary/aromatic N) is 3. The molecule has 0 atom stereocenters. The molecule has 0 radical (unpaired) electrons. The minimum absolute atomic E-state index is 1.16. The molecule has 59 heavy (non-hydrogen) atoms. The van der Waals surface area contributed by atoms with Gasteiger partial charge in [0.15, 0.2) is 0 Å². The molecule has 3 heteroatoms. The third-order valence-electron chi connectivity index (χ3n) is 12.6. The fourth-order valence-corrected chi connectivity index (χ4v) is 10.0. The Morgan fingerprint density at radius 2 is 0.763 bits per heavy atom. The third-order valence-corrected chi connectivity index (χ3v) is 12.6. The first-order valence-corrected chi connectivity index (χ1v) is 20.4. The molecular formula is C56H35N3. The van der Waals surface area contributed by atoms with E-state index in [-0.39, 0.29) is 0 Å². The first-order chi connectivity index (χ1) is 29.3. The summed E-state index contributed by atoms with van der Waals surface area (Å²) in [6.45, 7) is 0. The maximum absolute atomic E-state index is 2.47. The second kappa shape index (κ2) is 12.3. The van der Waals surface area contributed by atoms with Crippen LogP contribution in [0.25, 0.3) is 115 Å². The van der Waals surface area contributed by atoms with Gasteiger partial charge in [-0.1, -0.05) is 133 Å². The standard InChI is InChI=1S/C56H35N3/c1-2-17-41(18-3-1)57-50-23-11-9-21-45(50)55-53(57)31-32-54-56(55)47-35-40(27-30-52(47)58(54)42-28-25-36-13-4-5-15-38(36)33-42)39-26-29-51-46(34-39)44-20-8-10-22-49(44)59(51)48-24-12-16-37-14-6-7-19-43(37)48/h1-35H. The van der Waals surface area contributed by atoms with Crippen molar-refractivity contribution in [3.8, 4) is 28.2 Å². The van der Waals surface area contributed by atoms with Crippen molar-refractivity contribution in [2.45, 2.75) is 0 Å². The summed E-state index contributed by atoms with van der Waals surface area (Å²) in [4.78, 5) is 0. The van der Waals surface area contributed by atoms with Crippen molar-refractivity contribution in [1.29, 1.82) is 0 Å². The molecule has 3 heterocycles. The summed E-state index contributed by atoms with van der Waals surface area (Å²) < 4.78 is 7.33. The summed E-state index contributed by atoms with van der Waals surface area (Å²) in [6.07, 6.45) is 0. The zero-order valence-electron chi connectivity index (χ0n) is 32.0. The van der Waals surface area contributed by atoms with Crippen LogP contribution in [0.2, 0.25) is 0 Å². The molecule has 274 valence electrons. The Hall–Kier alpha value is -7.88. The molecule has 0 amide bonds. The topological polar surface area (TPSA) is 14.8 Å². The molecule has 3 nitrogen and oxygen atoms in total. The van der Waals surface area contributed by atoms with Gasteiger partial charge in [0.05, 0.1) is 38.8 Å². The summed E-state index contributed by atoms with van der Waals surface area (Å²) in [7, 11) is 0. The van der Waals surface area contributed by atoms with E-state index in [0.717, 1.165) is 11.4 Å². The van der Waals surface area contributed by atoms with Crippen LogP contribution in [-0.2, 0) is 0 Å². The Bertz CT molecular complexity index is 3840. The van der Waals surface area contributed by atoms with Crippen LogP contribution in [0, 0.1) is 0 Å². The normalized spacial score (nSPS) is 12.1. The predicted octanol–water partition coefficient (Wildman–Crippen LogP) is 15.0. The molecule has 0 saturated heterocycles. The Balaban J connectivity index is 1.10. The molecule has 10 aromatic carbocycles. The summed E-state index contributed by atoms with van der Waals surface area (Å²) in [6, 6.07) is 78.0. The highest BCUT2D eigenvalue weighted by atomic mass is 15.0. The van der Waals surface area contributed by atoms with Gasteiger partial charge >= 0.3 is 0 Å². The maximum atomic E-state index is 2.47. The quantitative estimate of drug-likeness (QED) is 0.170. The van der Waals surface area contributed by atoms with Crippen molar-refractivity contribution in [1.82, 2.24) is 13.7 Å². The summed E-state index contributed by atoms with van der Waals surface area (Å²) in [5.74, 6) is 0. The predicted molar refractivity (Wildman–Crippen MR) is 250 cm³/mol. The van der Waals surface area contributed by atoms with E-state index >= 15 is 0 Å². The number of aromatic nitrogens is 3. The lowest BCUT2D eigenvalue weighted by molar-refractivity contribution is 1.17. The lowest BCUT2D eigenvalue weighted by atomic mass is 9.99. The zero-order chi connectivity index (χ0) is 38.6. The molecule has 0 aliphatic carbocycles. The molecule has 0 spiro atoms. The smallest absolute Gasteiger partial charge is 0.0548 e. The van der Waals surface area contributed by atoms with Gasteiger partial charge in [-0.25, -0.2) is 0 Å². The lowest BCUT2D eigenvalue weighted by Gasteiger charge is -2.12. The van der Waals surface area contributed by atoms with Crippen LogP contribution in [0.5, 0.6) is 0 Å². The van der Waals surface area contributed by atoms with Gasteiger partial charge in [-0.2, -0.15) is 0 Å². The van der Waals surface area contributed by atoms with Gasteiger partial charge in [-0.3, -0.25) is 0 Å². The van der Waals surface area contributed by atoms with Crippen molar-refractivity contribution in [2.24, 2.45) is 0 Å². The maximum Gasteiger partial charge on any atom is 0.0548 e. The van der Waals surface area contributed by atoms with E-state index in [1.165, 1.54) is 104 Å². The van der Waals surface area contributed by atoms with E-state index in [1.54, 1.807) is 0 Å². The molecule has 0 N–H and O–H groups in total. The van der Waals surface area contributed by atoms with Gasteiger partial charge in [0.1, 0.15) is 0 Å². The van der Waals surface area contributed by atoms with Crippen molar-refractivity contribution >= 4 is 87.0 Å². The largest absolute Gasteiger partial charge is 0.309 e. The minimum Gasteiger partial charge on any atom is -0.309 e. The van der Waals surface area contributed by atoms with Gasteiger partial charge in [0.2, 0.25) is 0 Å². The van der Waals surface area contributed by atoms with Crippen molar-refractivity contribution in [2.75, 3.05) is 0 Å². The number of para-hydroxylation sites is 3. The highest BCUT2D eigenvalue weighted by Crippen LogP contribution is 2.44. The monoisotopic (exact) mass is 749 g/mol. The molecular weight excluding hydrogens is 715 g/mol. The van der Waals surface area contributed by atoms with E-state index in [1.807, 2.05) is 0 Å².